The van der Waals surface area contributed by atoms with Crippen LogP contribution in [0.4, 0.5) is 5.82 Å². The molecular weight excluding hydrogens is 212 g/mol. The van der Waals surface area contributed by atoms with Crippen molar-refractivity contribution in [2.75, 3.05) is 32.0 Å². The lowest BCUT2D eigenvalue weighted by Gasteiger charge is -2.17. The Labute approximate surface area is 104 Å². The topological polar surface area (TPSA) is 41.1 Å². The zero-order valence-electron chi connectivity index (χ0n) is 11.7. The highest BCUT2D eigenvalue weighted by Crippen LogP contribution is 2.14. The first-order valence-corrected chi connectivity index (χ1v) is 6.36. The zero-order chi connectivity index (χ0) is 12.8. The molecule has 0 unspecified atom stereocenters. The molecule has 4 heteroatoms. The van der Waals surface area contributed by atoms with Gasteiger partial charge in [-0.3, -0.25) is 0 Å². The molecule has 0 spiro atoms. The van der Waals surface area contributed by atoms with E-state index < -0.39 is 0 Å². The van der Waals surface area contributed by atoms with Gasteiger partial charge in [0.15, 0.2) is 0 Å². The number of aromatic nitrogens is 2. The van der Waals surface area contributed by atoms with E-state index in [0.29, 0.717) is 0 Å². The molecule has 0 radical (unpaired) electrons. The first kappa shape index (κ1) is 13.9. The molecule has 1 rings (SSSR count). The minimum atomic E-state index is 0.914. The third kappa shape index (κ3) is 3.66. The Morgan fingerprint density at radius 3 is 2.29 bits per heavy atom. The molecule has 4 nitrogen and oxygen atoms in total. The molecule has 0 amide bonds. The maximum absolute atomic E-state index is 4.54. The van der Waals surface area contributed by atoms with E-state index in [1.54, 1.807) is 0 Å². The summed E-state index contributed by atoms with van der Waals surface area (Å²) in [6.45, 7) is 11.7. The molecule has 1 aromatic heterocycles. The molecule has 0 saturated carbocycles. The zero-order valence-corrected chi connectivity index (χ0v) is 11.7. The van der Waals surface area contributed by atoms with Gasteiger partial charge in [0, 0.05) is 31.3 Å². The third-order valence-corrected chi connectivity index (χ3v) is 3.22. The van der Waals surface area contributed by atoms with Crippen LogP contribution in [-0.2, 0) is 6.42 Å². The fourth-order valence-corrected chi connectivity index (χ4v) is 1.84. The Kier molecular flexibility index (Phi) is 5.35. The molecule has 0 fully saturated rings. The van der Waals surface area contributed by atoms with E-state index >= 15 is 0 Å². The summed E-state index contributed by atoms with van der Waals surface area (Å²) >= 11 is 0. The molecule has 0 aliphatic rings. The smallest absolute Gasteiger partial charge is 0.132 e. The van der Waals surface area contributed by atoms with Crippen LogP contribution in [0.2, 0.25) is 0 Å². The van der Waals surface area contributed by atoms with Gasteiger partial charge in [-0.05, 0) is 26.9 Å². The van der Waals surface area contributed by atoms with Crippen molar-refractivity contribution in [1.29, 1.82) is 0 Å². The van der Waals surface area contributed by atoms with Crippen molar-refractivity contribution in [2.45, 2.75) is 34.1 Å². The van der Waals surface area contributed by atoms with Gasteiger partial charge >= 0.3 is 0 Å². The third-order valence-electron chi connectivity index (χ3n) is 3.22. The Hall–Kier alpha value is -1.16. The van der Waals surface area contributed by atoms with Gasteiger partial charge in [0.25, 0.3) is 0 Å². The molecule has 0 aromatic carbocycles. The highest BCUT2D eigenvalue weighted by atomic mass is 15.1. The van der Waals surface area contributed by atoms with Gasteiger partial charge in [0.2, 0.25) is 0 Å². The normalized spacial score (nSPS) is 10.9. The summed E-state index contributed by atoms with van der Waals surface area (Å²) in [6, 6.07) is 0. The minimum Gasteiger partial charge on any atom is -0.373 e. The summed E-state index contributed by atoms with van der Waals surface area (Å²) in [7, 11) is 1.91. The lowest BCUT2D eigenvalue weighted by atomic mass is 10.2. The van der Waals surface area contributed by atoms with Crippen LogP contribution in [0.15, 0.2) is 0 Å². The first-order chi connectivity index (χ1) is 8.12. The van der Waals surface area contributed by atoms with Gasteiger partial charge in [-0.2, -0.15) is 0 Å². The maximum Gasteiger partial charge on any atom is 0.132 e. The van der Waals surface area contributed by atoms with Gasteiger partial charge < -0.3 is 10.2 Å². The Morgan fingerprint density at radius 1 is 1.12 bits per heavy atom. The standard InChI is InChI=1S/C13H24N4/c1-6-17(7-2)9-8-12-15-11(4)10(3)13(14-5)16-12/h6-9H2,1-5H3,(H,14,15,16). The number of nitrogens with one attached hydrogen (secondary N) is 1. The Morgan fingerprint density at radius 2 is 1.76 bits per heavy atom. The maximum atomic E-state index is 4.54. The van der Waals surface area contributed by atoms with E-state index in [-0.39, 0.29) is 0 Å². The van der Waals surface area contributed by atoms with Gasteiger partial charge in [0.05, 0.1) is 0 Å². The average molecular weight is 236 g/mol. The predicted molar refractivity (Wildman–Crippen MR) is 72.5 cm³/mol. The van der Waals surface area contributed by atoms with E-state index in [1.807, 2.05) is 14.0 Å². The predicted octanol–water partition coefficient (Wildman–Crippen LogP) is 2.02. The summed E-state index contributed by atoms with van der Waals surface area (Å²) in [5, 5.41) is 3.13. The van der Waals surface area contributed by atoms with Crippen LogP contribution in [0.5, 0.6) is 0 Å². The SMILES string of the molecule is CCN(CC)CCc1nc(C)c(C)c(NC)n1. The molecule has 17 heavy (non-hydrogen) atoms. The van der Waals surface area contributed by atoms with Crippen LogP contribution in [0.1, 0.15) is 30.9 Å². The van der Waals surface area contributed by atoms with Gasteiger partial charge in [0.1, 0.15) is 11.6 Å². The second-order valence-corrected chi connectivity index (χ2v) is 4.23. The Bertz CT molecular complexity index is 359. The summed E-state index contributed by atoms with van der Waals surface area (Å²) in [4.78, 5) is 11.5. The molecule has 0 aliphatic heterocycles. The largest absolute Gasteiger partial charge is 0.373 e. The summed E-state index contributed by atoms with van der Waals surface area (Å²) < 4.78 is 0. The molecule has 0 aliphatic carbocycles. The van der Waals surface area contributed by atoms with Crippen molar-refractivity contribution in [3.63, 3.8) is 0 Å². The number of hydrogen-bond acceptors (Lipinski definition) is 4. The molecule has 1 aromatic rings. The highest BCUT2D eigenvalue weighted by Gasteiger charge is 2.07. The number of hydrogen-bond donors (Lipinski definition) is 1. The van der Waals surface area contributed by atoms with Gasteiger partial charge in [-0.15, -0.1) is 0 Å². The second-order valence-electron chi connectivity index (χ2n) is 4.23. The molecule has 1 N–H and O–H groups in total. The summed E-state index contributed by atoms with van der Waals surface area (Å²) in [6.07, 6.45) is 0.914. The van der Waals surface area contributed by atoms with Crippen LogP contribution in [0.3, 0.4) is 0 Å². The fraction of sp³-hybridized carbons (Fsp3) is 0.692. The van der Waals surface area contributed by atoms with Crippen LogP contribution >= 0.6 is 0 Å². The Balaban J connectivity index is 2.75. The van der Waals surface area contributed by atoms with E-state index in [9.17, 15) is 0 Å². The quantitative estimate of drug-likeness (QED) is 0.820. The molecule has 0 saturated heterocycles. The van der Waals surface area contributed by atoms with Crippen LogP contribution in [0, 0.1) is 13.8 Å². The first-order valence-electron chi connectivity index (χ1n) is 6.36. The van der Waals surface area contributed by atoms with Crippen molar-refractivity contribution < 1.29 is 0 Å². The molecule has 0 bridgehead atoms. The number of anilines is 1. The van der Waals surface area contributed by atoms with E-state index in [1.165, 1.54) is 0 Å². The van der Waals surface area contributed by atoms with Crippen LogP contribution in [0.25, 0.3) is 0 Å². The average Bonchev–Trinajstić information content (AvgIpc) is 2.34. The van der Waals surface area contributed by atoms with Gasteiger partial charge in [-0.25, -0.2) is 9.97 Å². The number of aryl methyl sites for hydroxylation is 1. The summed E-state index contributed by atoms with van der Waals surface area (Å²) in [5.41, 5.74) is 2.21. The minimum absolute atomic E-state index is 0.914. The van der Waals surface area contributed by atoms with E-state index in [4.69, 9.17) is 0 Å². The lowest BCUT2D eigenvalue weighted by molar-refractivity contribution is 0.305. The molecule has 0 atom stereocenters. The van der Waals surface area contributed by atoms with Crippen LogP contribution in [-0.4, -0.2) is 41.5 Å². The fourth-order valence-electron chi connectivity index (χ4n) is 1.84. The molecular formula is C13H24N4. The highest BCUT2D eigenvalue weighted by molar-refractivity contribution is 5.44. The lowest BCUT2D eigenvalue weighted by Crippen LogP contribution is -2.26. The number of rotatable bonds is 6. The van der Waals surface area contributed by atoms with E-state index in [2.05, 4.69) is 41.0 Å². The molecule has 1 heterocycles. The van der Waals surface area contributed by atoms with Crippen molar-refractivity contribution in [3.8, 4) is 0 Å². The summed E-state index contributed by atoms with van der Waals surface area (Å²) in [5.74, 6) is 1.89. The van der Waals surface area contributed by atoms with Gasteiger partial charge in [-0.1, -0.05) is 13.8 Å². The van der Waals surface area contributed by atoms with Crippen molar-refractivity contribution in [1.82, 2.24) is 14.9 Å². The number of nitrogens with zero attached hydrogens (tertiary/aromatic N) is 3. The van der Waals surface area contributed by atoms with Crippen molar-refractivity contribution >= 4 is 5.82 Å². The van der Waals surface area contributed by atoms with Crippen LogP contribution < -0.4 is 5.32 Å². The number of likely N-dealkylation sites (N-methyl/N-ethyl adjacent to an activating group) is 1. The van der Waals surface area contributed by atoms with E-state index in [0.717, 1.165) is 49.0 Å². The molecule has 96 valence electrons. The monoisotopic (exact) mass is 236 g/mol. The second kappa shape index (κ2) is 6.55. The van der Waals surface area contributed by atoms with Crippen molar-refractivity contribution in [2.24, 2.45) is 0 Å². The van der Waals surface area contributed by atoms with Crippen molar-refractivity contribution in [3.05, 3.63) is 17.1 Å².